The lowest BCUT2D eigenvalue weighted by Gasteiger charge is -2.35. The van der Waals surface area contributed by atoms with Gasteiger partial charge in [0.2, 0.25) is 5.91 Å². The number of carbonyl (C=O) groups is 3. The van der Waals surface area contributed by atoms with E-state index in [1.54, 1.807) is 4.90 Å². The highest BCUT2D eigenvalue weighted by Crippen LogP contribution is 2.41. The van der Waals surface area contributed by atoms with Crippen LogP contribution in [0.2, 0.25) is 0 Å². The topological polar surface area (TPSA) is 91.4 Å². The van der Waals surface area contributed by atoms with E-state index in [1.165, 1.54) is 0 Å². The highest BCUT2D eigenvalue weighted by Gasteiger charge is 2.55. The van der Waals surface area contributed by atoms with Crippen LogP contribution < -0.4 is 14.8 Å². The Morgan fingerprint density at radius 2 is 1.74 bits per heavy atom. The standard InChI is InChI=1S/C26H28N4O5/c31-23(17-30-24(32)26(27-25(30)33)8-7-19-3-1-2-4-20(19)26)29-11-9-28(10-12-29)16-18-5-6-21-22(15-18)35-14-13-34-21/h1-6,15H,7-14,16-17H2,(H,27,33). The lowest BCUT2D eigenvalue weighted by molar-refractivity contribution is -0.140. The first kappa shape index (κ1) is 21.9. The van der Waals surface area contributed by atoms with Crippen LogP contribution in [-0.2, 0) is 28.1 Å². The fourth-order valence-electron chi connectivity index (χ4n) is 5.57. The van der Waals surface area contributed by atoms with Gasteiger partial charge in [0.1, 0.15) is 25.3 Å². The van der Waals surface area contributed by atoms with Crippen LogP contribution in [0.5, 0.6) is 11.5 Å². The summed E-state index contributed by atoms with van der Waals surface area (Å²) in [6.45, 7) is 4.21. The van der Waals surface area contributed by atoms with Crippen LogP contribution in [0.4, 0.5) is 4.79 Å². The maximum Gasteiger partial charge on any atom is 0.325 e. The molecular weight excluding hydrogens is 448 g/mol. The molecule has 0 radical (unpaired) electrons. The highest BCUT2D eigenvalue weighted by atomic mass is 16.6. The van der Waals surface area contributed by atoms with Gasteiger partial charge >= 0.3 is 6.03 Å². The lowest BCUT2D eigenvalue weighted by atomic mass is 9.92. The molecule has 3 heterocycles. The van der Waals surface area contributed by atoms with Crippen LogP contribution in [0.15, 0.2) is 42.5 Å². The molecular formula is C26H28N4O5. The number of hydrogen-bond donors (Lipinski definition) is 1. The molecule has 1 unspecified atom stereocenters. The molecule has 4 aliphatic rings. The Hall–Kier alpha value is -3.59. The van der Waals surface area contributed by atoms with Gasteiger partial charge in [-0.2, -0.15) is 0 Å². The first-order chi connectivity index (χ1) is 17.0. The van der Waals surface area contributed by atoms with Crippen LogP contribution in [0.3, 0.4) is 0 Å². The second-order valence-corrected chi connectivity index (χ2v) is 9.52. The minimum atomic E-state index is -1.03. The van der Waals surface area contributed by atoms with E-state index in [0.717, 1.165) is 59.1 Å². The Kier molecular flexibility index (Phi) is 5.36. The van der Waals surface area contributed by atoms with Gasteiger partial charge in [0.05, 0.1) is 0 Å². The summed E-state index contributed by atoms with van der Waals surface area (Å²) in [5, 5.41) is 2.89. The lowest BCUT2D eigenvalue weighted by Crippen LogP contribution is -2.51. The van der Waals surface area contributed by atoms with Crippen molar-refractivity contribution in [1.82, 2.24) is 20.0 Å². The molecule has 0 saturated carbocycles. The summed E-state index contributed by atoms with van der Waals surface area (Å²) < 4.78 is 11.3. The first-order valence-corrected chi connectivity index (χ1v) is 12.1. The van der Waals surface area contributed by atoms with E-state index in [1.807, 2.05) is 42.5 Å². The first-order valence-electron chi connectivity index (χ1n) is 12.1. The average Bonchev–Trinajstić information content (AvgIpc) is 3.37. The van der Waals surface area contributed by atoms with Gasteiger partial charge in [-0.05, 0) is 41.7 Å². The number of carbonyl (C=O) groups excluding carboxylic acids is 3. The second-order valence-electron chi connectivity index (χ2n) is 9.52. The molecule has 1 N–H and O–H groups in total. The van der Waals surface area contributed by atoms with Crippen molar-refractivity contribution in [2.75, 3.05) is 45.9 Å². The molecule has 2 fully saturated rings. The van der Waals surface area contributed by atoms with Crippen LogP contribution in [0.1, 0.15) is 23.1 Å². The predicted octanol–water partition coefficient (Wildman–Crippen LogP) is 1.50. The Bertz CT molecular complexity index is 1190. The van der Waals surface area contributed by atoms with E-state index in [9.17, 15) is 14.4 Å². The molecule has 2 aromatic rings. The third-order valence-electron chi connectivity index (χ3n) is 7.45. The van der Waals surface area contributed by atoms with E-state index in [2.05, 4.69) is 10.2 Å². The van der Waals surface area contributed by atoms with Gasteiger partial charge in [-0.15, -0.1) is 0 Å². The maximum absolute atomic E-state index is 13.3. The average molecular weight is 477 g/mol. The van der Waals surface area contributed by atoms with Crippen LogP contribution in [0.25, 0.3) is 0 Å². The van der Waals surface area contributed by atoms with Crippen molar-refractivity contribution in [3.63, 3.8) is 0 Å². The van der Waals surface area contributed by atoms with Gasteiger partial charge in [-0.1, -0.05) is 30.3 Å². The van der Waals surface area contributed by atoms with E-state index < -0.39 is 11.6 Å². The summed E-state index contributed by atoms with van der Waals surface area (Å²) in [5.74, 6) is 1.03. The van der Waals surface area contributed by atoms with Gasteiger partial charge < -0.3 is 19.7 Å². The third kappa shape index (κ3) is 3.80. The Labute approximate surface area is 203 Å². The van der Waals surface area contributed by atoms with Crippen molar-refractivity contribution < 1.29 is 23.9 Å². The van der Waals surface area contributed by atoms with Gasteiger partial charge in [0, 0.05) is 32.7 Å². The number of nitrogens with zero attached hydrogens (tertiary/aromatic N) is 3. The molecule has 1 aliphatic carbocycles. The van der Waals surface area contributed by atoms with E-state index in [-0.39, 0.29) is 18.4 Å². The fraction of sp³-hybridized carbons (Fsp3) is 0.423. The molecule has 1 atom stereocenters. The molecule has 2 aromatic carbocycles. The van der Waals surface area contributed by atoms with Crippen molar-refractivity contribution in [3.05, 3.63) is 59.2 Å². The van der Waals surface area contributed by atoms with Crippen molar-refractivity contribution in [2.45, 2.75) is 24.9 Å². The maximum atomic E-state index is 13.3. The van der Waals surface area contributed by atoms with Crippen molar-refractivity contribution in [1.29, 1.82) is 0 Å². The molecule has 1 spiro atoms. The predicted molar refractivity (Wildman–Crippen MR) is 126 cm³/mol. The number of imide groups is 1. The van der Waals surface area contributed by atoms with Crippen molar-refractivity contribution in [2.24, 2.45) is 0 Å². The van der Waals surface area contributed by atoms with Gasteiger partial charge in [-0.3, -0.25) is 19.4 Å². The quantitative estimate of drug-likeness (QED) is 0.673. The van der Waals surface area contributed by atoms with E-state index in [4.69, 9.17) is 9.47 Å². The SMILES string of the molecule is O=C(CN1C(=O)NC2(CCc3ccccc32)C1=O)N1CCN(Cc2ccc3c(c2)OCCO3)CC1. The van der Waals surface area contributed by atoms with Crippen LogP contribution >= 0.6 is 0 Å². The third-order valence-corrected chi connectivity index (χ3v) is 7.45. The zero-order valence-corrected chi connectivity index (χ0v) is 19.5. The molecule has 6 rings (SSSR count). The molecule has 2 saturated heterocycles. The normalized spacial score (nSPS) is 23.5. The highest BCUT2D eigenvalue weighted by molar-refractivity contribution is 6.09. The molecule has 3 aliphatic heterocycles. The van der Waals surface area contributed by atoms with Crippen molar-refractivity contribution >= 4 is 17.8 Å². The number of rotatable bonds is 4. The van der Waals surface area contributed by atoms with Gasteiger partial charge in [0.15, 0.2) is 11.5 Å². The van der Waals surface area contributed by atoms with Gasteiger partial charge in [-0.25, -0.2) is 4.79 Å². The molecule has 0 bridgehead atoms. The monoisotopic (exact) mass is 476 g/mol. The second kappa shape index (κ2) is 8.57. The molecule has 35 heavy (non-hydrogen) atoms. The van der Waals surface area contributed by atoms with Crippen LogP contribution in [-0.4, -0.2) is 78.5 Å². The largest absolute Gasteiger partial charge is 0.486 e. The molecule has 0 aromatic heterocycles. The number of fused-ring (bicyclic) bond motifs is 3. The Morgan fingerprint density at radius 3 is 2.57 bits per heavy atom. The fourth-order valence-corrected chi connectivity index (χ4v) is 5.57. The summed E-state index contributed by atoms with van der Waals surface area (Å²) in [6, 6.07) is 13.2. The molecule has 4 amide bonds. The zero-order chi connectivity index (χ0) is 24.0. The minimum absolute atomic E-state index is 0.198. The number of urea groups is 1. The summed E-state index contributed by atoms with van der Waals surface area (Å²) >= 11 is 0. The van der Waals surface area contributed by atoms with Crippen molar-refractivity contribution in [3.8, 4) is 11.5 Å². The number of ether oxygens (including phenoxy) is 2. The number of nitrogens with one attached hydrogen (secondary N) is 1. The molecule has 9 heteroatoms. The summed E-state index contributed by atoms with van der Waals surface area (Å²) in [5.41, 5.74) is 2.02. The minimum Gasteiger partial charge on any atom is -0.486 e. The van der Waals surface area contributed by atoms with E-state index in [0.29, 0.717) is 32.7 Å². The number of amides is 4. The van der Waals surface area contributed by atoms with Gasteiger partial charge in [0.25, 0.3) is 5.91 Å². The number of hydrogen-bond acceptors (Lipinski definition) is 6. The number of piperazine rings is 1. The Balaban J connectivity index is 1.05. The summed E-state index contributed by atoms with van der Waals surface area (Å²) in [7, 11) is 0. The van der Waals surface area contributed by atoms with Crippen LogP contribution in [0, 0.1) is 0 Å². The number of benzene rings is 2. The smallest absolute Gasteiger partial charge is 0.325 e. The summed E-state index contributed by atoms with van der Waals surface area (Å²) in [4.78, 5) is 44.2. The summed E-state index contributed by atoms with van der Waals surface area (Å²) in [6.07, 6.45) is 1.26. The molecule has 9 nitrogen and oxygen atoms in total. The van der Waals surface area contributed by atoms with E-state index >= 15 is 0 Å². The molecule has 182 valence electrons. The zero-order valence-electron chi connectivity index (χ0n) is 19.5. The Morgan fingerprint density at radius 1 is 0.971 bits per heavy atom. The number of aryl methyl sites for hydroxylation is 1.